The molecule has 0 saturated heterocycles. The fraction of sp³-hybridized carbons (Fsp3) is 0.364. The van der Waals surface area contributed by atoms with Crippen LogP contribution >= 0.6 is 0 Å². The SMILES string of the molecule is C#CN=S(C)(=O)C(C)c1ccc(C)nc1. The summed E-state index contributed by atoms with van der Waals surface area (Å²) in [5, 5.41) is -0.207. The highest BCUT2D eigenvalue weighted by molar-refractivity contribution is 7.93. The molecule has 80 valence electrons. The van der Waals surface area contributed by atoms with Gasteiger partial charge in [-0.05, 0) is 25.5 Å². The molecule has 15 heavy (non-hydrogen) atoms. The minimum absolute atomic E-state index is 0.207. The maximum Gasteiger partial charge on any atom is 0.0673 e. The molecule has 4 heteroatoms. The van der Waals surface area contributed by atoms with Crippen molar-refractivity contribution in [3.05, 3.63) is 29.6 Å². The Morgan fingerprint density at radius 3 is 2.73 bits per heavy atom. The highest BCUT2D eigenvalue weighted by atomic mass is 32.2. The van der Waals surface area contributed by atoms with Crippen LogP contribution in [0, 0.1) is 19.4 Å². The van der Waals surface area contributed by atoms with Crippen molar-refractivity contribution in [3.63, 3.8) is 0 Å². The first-order valence-electron chi connectivity index (χ1n) is 4.55. The van der Waals surface area contributed by atoms with Crippen molar-refractivity contribution in [1.29, 1.82) is 0 Å². The van der Waals surface area contributed by atoms with Gasteiger partial charge in [-0.15, -0.1) is 4.36 Å². The third kappa shape index (κ3) is 2.80. The molecule has 2 unspecified atom stereocenters. The van der Waals surface area contributed by atoms with E-state index in [-0.39, 0.29) is 5.25 Å². The first kappa shape index (κ1) is 11.7. The van der Waals surface area contributed by atoms with E-state index in [1.54, 1.807) is 12.5 Å². The highest BCUT2D eigenvalue weighted by Gasteiger charge is 2.15. The summed E-state index contributed by atoms with van der Waals surface area (Å²) in [5.41, 5.74) is 1.83. The van der Waals surface area contributed by atoms with Gasteiger partial charge in [0.15, 0.2) is 0 Å². The molecule has 0 fully saturated rings. The topological polar surface area (TPSA) is 42.3 Å². The Morgan fingerprint density at radius 1 is 1.60 bits per heavy atom. The number of aromatic nitrogens is 1. The summed E-state index contributed by atoms with van der Waals surface area (Å²) < 4.78 is 15.7. The van der Waals surface area contributed by atoms with Crippen LogP contribution in [0.25, 0.3) is 0 Å². The maximum absolute atomic E-state index is 12.0. The normalized spacial score (nSPS) is 16.1. The fourth-order valence-corrected chi connectivity index (χ4v) is 2.17. The zero-order chi connectivity index (χ0) is 11.5. The molecule has 1 heterocycles. The molecule has 1 aromatic rings. The van der Waals surface area contributed by atoms with Crippen LogP contribution in [0.5, 0.6) is 0 Å². The number of hydrogen-bond donors (Lipinski definition) is 0. The number of rotatable bonds is 2. The van der Waals surface area contributed by atoms with Crippen molar-refractivity contribution in [2.75, 3.05) is 6.26 Å². The second-order valence-electron chi connectivity index (χ2n) is 3.46. The number of terminal acetylenes is 1. The molecule has 0 bridgehead atoms. The lowest BCUT2D eigenvalue weighted by Crippen LogP contribution is -2.07. The average molecular weight is 222 g/mol. The van der Waals surface area contributed by atoms with Gasteiger partial charge in [0.2, 0.25) is 0 Å². The highest BCUT2D eigenvalue weighted by Crippen LogP contribution is 2.21. The fourth-order valence-electron chi connectivity index (χ4n) is 1.16. The Hall–Kier alpha value is -1.34. The minimum atomic E-state index is -2.38. The van der Waals surface area contributed by atoms with Crippen LogP contribution in [0.15, 0.2) is 22.7 Å². The van der Waals surface area contributed by atoms with Crippen molar-refractivity contribution >= 4 is 9.73 Å². The summed E-state index contributed by atoms with van der Waals surface area (Å²) in [6.07, 6.45) is 8.33. The molecule has 0 spiro atoms. The van der Waals surface area contributed by atoms with Crippen molar-refractivity contribution in [1.82, 2.24) is 4.98 Å². The van der Waals surface area contributed by atoms with Gasteiger partial charge in [-0.1, -0.05) is 12.5 Å². The van der Waals surface area contributed by atoms with E-state index in [9.17, 15) is 4.21 Å². The van der Waals surface area contributed by atoms with E-state index < -0.39 is 9.73 Å². The molecule has 0 radical (unpaired) electrons. The Kier molecular flexibility index (Phi) is 3.48. The van der Waals surface area contributed by atoms with E-state index in [2.05, 4.69) is 15.4 Å². The van der Waals surface area contributed by atoms with Crippen LogP contribution in [0.3, 0.4) is 0 Å². The molecule has 2 atom stereocenters. The molecule has 0 aliphatic rings. The van der Waals surface area contributed by atoms with Crippen LogP contribution in [-0.4, -0.2) is 15.4 Å². The third-order valence-electron chi connectivity index (χ3n) is 2.29. The van der Waals surface area contributed by atoms with Crippen LogP contribution in [-0.2, 0) is 9.73 Å². The molecular formula is C11H14N2OS. The lowest BCUT2D eigenvalue weighted by molar-refractivity contribution is 0.673. The Morgan fingerprint density at radius 2 is 2.27 bits per heavy atom. The second-order valence-corrected chi connectivity index (χ2v) is 6.07. The second kappa shape index (κ2) is 4.45. The van der Waals surface area contributed by atoms with E-state index in [1.165, 1.54) is 0 Å². The number of aryl methyl sites for hydroxylation is 1. The van der Waals surface area contributed by atoms with Gasteiger partial charge in [0.25, 0.3) is 0 Å². The van der Waals surface area contributed by atoms with E-state index in [0.717, 1.165) is 11.3 Å². The molecule has 0 aliphatic heterocycles. The predicted molar refractivity (Wildman–Crippen MR) is 62.7 cm³/mol. The number of pyridine rings is 1. The summed E-state index contributed by atoms with van der Waals surface area (Å²) >= 11 is 0. The van der Waals surface area contributed by atoms with Crippen LogP contribution in [0.4, 0.5) is 0 Å². The molecular weight excluding hydrogens is 208 g/mol. The number of nitrogens with zero attached hydrogens (tertiary/aromatic N) is 2. The van der Waals surface area contributed by atoms with Crippen molar-refractivity contribution < 1.29 is 4.21 Å². The van der Waals surface area contributed by atoms with Gasteiger partial charge < -0.3 is 0 Å². The van der Waals surface area contributed by atoms with Gasteiger partial charge in [-0.2, -0.15) is 0 Å². The van der Waals surface area contributed by atoms with Crippen molar-refractivity contribution in [2.24, 2.45) is 4.36 Å². The average Bonchev–Trinajstić information content (AvgIpc) is 2.18. The Balaban J connectivity index is 3.12. The minimum Gasteiger partial charge on any atom is -0.261 e. The van der Waals surface area contributed by atoms with Gasteiger partial charge in [-0.25, -0.2) is 4.21 Å². The molecule has 3 nitrogen and oxygen atoms in total. The smallest absolute Gasteiger partial charge is 0.0673 e. The Labute approximate surface area is 91.1 Å². The standard InChI is InChI=1S/C11H14N2OS/c1-5-13-15(4,14)10(3)11-7-6-9(2)12-8-11/h1,6-8,10H,2-4H3. The van der Waals surface area contributed by atoms with Crippen LogP contribution in [0.2, 0.25) is 0 Å². The van der Waals surface area contributed by atoms with E-state index >= 15 is 0 Å². The summed E-state index contributed by atoms with van der Waals surface area (Å²) in [4.78, 5) is 4.15. The van der Waals surface area contributed by atoms with E-state index in [4.69, 9.17) is 6.42 Å². The molecule has 0 saturated carbocycles. The summed E-state index contributed by atoms with van der Waals surface area (Å²) in [7, 11) is -2.38. The molecule has 0 aliphatic carbocycles. The Bertz CT molecular complexity index is 490. The van der Waals surface area contributed by atoms with Gasteiger partial charge in [0.05, 0.1) is 15.0 Å². The first-order chi connectivity index (χ1) is 6.97. The van der Waals surface area contributed by atoms with Crippen molar-refractivity contribution in [3.8, 4) is 12.5 Å². The van der Waals surface area contributed by atoms with Gasteiger partial charge >= 0.3 is 0 Å². The quantitative estimate of drug-likeness (QED) is 0.719. The van der Waals surface area contributed by atoms with Gasteiger partial charge in [-0.3, -0.25) is 4.98 Å². The number of hydrogen-bond acceptors (Lipinski definition) is 3. The lowest BCUT2D eigenvalue weighted by Gasteiger charge is -2.12. The van der Waals surface area contributed by atoms with Crippen LogP contribution < -0.4 is 0 Å². The molecule has 1 aromatic heterocycles. The van der Waals surface area contributed by atoms with Gasteiger partial charge in [0, 0.05) is 24.2 Å². The first-order valence-corrected chi connectivity index (χ1v) is 6.54. The van der Waals surface area contributed by atoms with Gasteiger partial charge in [0.1, 0.15) is 0 Å². The summed E-state index contributed by atoms with van der Waals surface area (Å²) in [6.45, 7) is 3.75. The largest absolute Gasteiger partial charge is 0.261 e. The zero-order valence-corrected chi connectivity index (χ0v) is 9.91. The zero-order valence-electron chi connectivity index (χ0n) is 9.10. The van der Waals surface area contributed by atoms with Crippen LogP contribution in [0.1, 0.15) is 23.4 Å². The summed E-state index contributed by atoms with van der Waals surface area (Å²) in [6, 6.07) is 5.89. The molecule has 0 amide bonds. The van der Waals surface area contributed by atoms with E-state index in [1.807, 2.05) is 26.0 Å². The monoisotopic (exact) mass is 222 g/mol. The maximum atomic E-state index is 12.0. The van der Waals surface area contributed by atoms with E-state index in [0.29, 0.717) is 0 Å². The lowest BCUT2D eigenvalue weighted by atomic mass is 10.2. The molecule has 1 rings (SSSR count). The third-order valence-corrected chi connectivity index (χ3v) is 4.35. The molecule has 0 aromatic carbocycles. The molecule has 0 N–H and O–H groups in total. The predicted octanol–water partition coefficient (Wildman–Crippen LogP) is 2.14. The van der Waals surface area contributed by atoms with Crippen molar-refractivity contribution in [2.45, 2.75) is 19.1 Å². The summed E-state index contributed by atoms with van der Waals surface area (Å²) in [5.74, 6) is 0.